The van der Waals surface area contributed by atoms with Crippen LogP contribution in [0.5, 0.6) is 0 Å². The van der Waals surface area contributed by atoms with Gasteiger partial charge in [-0.15, -0.1) is 0 Å². The molecule has 0 aliphatic carbocycles. The van der Waals surface area contributed by atoms with Crippen LogP contribution in [-0.2, 0) is 6.54 Å². The van der Waals surface area contributed by atoms with Gasteiger partial charge < -0.3 is 10.6 Å². The Bertz CT molecular complexity index is 347. The fourth-order valence-corrected chi connectivity index (χ4v) is 2.01. The third-order valence-electron chi connectivity index (χ3n) is 3.21. The van der Waals surface area contributed by atoms with E-state index in [4.69, 9.17) is 5.73 Å². The second-order valence-electron chi connectivity index (χ2n) is 5.42. The average molecular weight is 249 g/mol. The van der Waals surface area contributed by atoms with Crippen LogP contribution in [0.15, 0.2) is 24.3 Å². The number of hydrogen-bond acceptors (Lipinski definition) is 3. The van der Waals surface area contributed by atoms with Crippen molar-refractivity contribution in [3.63, 3.8) is 0 Å². The molecule has 0 bridgehead atoms. The largest absolute Gasteiger partial charge is 0.398 e. The molecule has 0 saturated heterocycles. The molecule has 1 aromatic carbocycles. The topological polar surface area (TPSA) is 32.5 Å². The first-order chi connectivity index (χ1) is 8.50. The molecule has 0 radical (unpaired) electrons. The van der Waals surface area contributed by atoms with Gasteiger partial charge in [0.15, 0.2) is 0 Å². The third-order valence-corrected chi connectivity index (χ3v) is 3.21. The first-order valence-corrected chi connectivity index (χ1v) is 6.73. The minimum absolute atomic E-state index is 0.548. The molecule has 0 saturated carbocycles. The summed E-state index contributed by atoms with van der Waals surface area (Å²) >= 11 is 0. The minimum atomic E-state index is 0.548. The normalized spacial score (nSPS) is 11.7. The summed E-state index contributed by atoms with van der Waals surface area (Å²) in [5, 5.41) is 0. The molecule has 0 heterocycles. The first-order valence-electron chi connectivity index (χ1n) is 6.73. The maximum absolute atomic E-state index is 6.01. The Balaban J connectivity index is 2.55. The lowest BCUT2D eigenvalue weighted by molar-refractivity contribution is 0.202. The second-order valence-corrected chi connectivity index (χ2v) is 5.42. The number of benzene rings is 1. The molecular weight excluding hydrogens is 222 g/mol. The van der Waals surface area contributed by atoms with Crippen LogP contribution in [0.25, 0.3) is 0 Å². The van der Waals surface area contributed by atoms with Gasteiger partial charge in [0, 0.05) is 18.3 Å². The molecular formula is C15H27N3. The highest BCUT2D eigenvalue weighted by molar-refractivity contribution is 5.46. The molecule has 3 heteroatoms. The Morgan fingerprint density at radius 1 is 1.11 bits per heavy atom. The average Bonchev–Trinajstić information content (AvgIpc) is 2.29. The lowest BCUT2D eigenvalue weighted by Gasteiger charge is -2.27. The van der Waals surface area contributed by atoms with Crippen LogP contribution in [0.3, 0.4) is 0 Å². The SMILES string of the molecule is CC(C)N(CCCN(C)C)Cc1ccccc1N. The predicted molar refractivity (Wildman–Crippen MR) is 79.6 cm³/mol. The zero-order valence-corrected chi connectivity index (χ0v) is 12.2. The molecule has 0 fully saturated rings. The quantitative estimate of drug-likeness (QED) is 0.753. The van der Waals surface area contributed by atoms with E-state index >= 15 is 0 Å². The zero-order chi connectivity index (χ0) is 13.5. The van der Waals surface area contributed by atoms with Gasteiger partial charge in [-0.2, -0.15) is 0 Å². The lowest BCUT2D eigenvalue weighted by Crippen LogP contribution is -2.33. The first kappa shape index (κ1) is 15.0. The summed E-state index contributed by atoms with van der Waals surface area (Å²) in [7, 11) is 4.24. The van der Waals surface area contributed by atoms with Gasteiger partial charge >= 0.3 is 0 Å². The van der Waals surface area contributed by atoms with Gasteiger partial charge in [-0.05, 0) is 59.1 Å². The third kappa shape index (κ3) is 5.07. The molecule has 102 valence electrons. The summed E-state index contributed by atoms with van der Waals surface area (Å²) < 4.78 is 0. The van der Waals surface area contributed by atoms with Crippen LogP contribution < -0.4 is 5.73 Å². The molecule has 0 aliphatic rings. The van der Waals surface area contributed by atoms with E-state index in [2.05, 4.69) is 49.9 Å². The van der Waals surface area contributed by atoms with Gasteiger partial charge in [-0.25, -0.2) is 0 Å². The summed E-state index contributed by atoms with van der Waals surface area (Å²) in [6.45, 7) is 7.68. The maximum atomic E-state index is 6.01. The summed E-state index contributed by atoms with van der Waals surface area (Å²) in [6, 6.07) is 8.70. The van der Waals surface area contributed by atoms with Gasteiger partial charge in [-0.1, -0.05) is 18.2 Å². The van der Waals surface area contributed by atoms with Gasteiger partial charge in [0.2, 0.25) is 0 Å². The number of rotatable bonds is 7. The fourth-order valence-electron chi connectivity index (χ4n) is 2.01. The van der Waals surface area contributed by atoms with Crippen molar-refractivity contribution in [3.05, 3.63) is 29.8 Å². The number of nitrogens with two attached hydrogens (primary N) is 1. The standard InChI is InChI=1S/C15H27N3/c1-13(2)18(11-7-10-17(3)4)12-14-8-5-6-9-15(14)16/h5-6,8-9,13H,7,10-12,16H2,1-4H3. The fraction of sp³-hybridized carbons (Fsp3) is 0.600. The van der Waals surface area contributed by atoms with Crippen molar-refractivity contribution in [2.75, 3.05) is 32.9 Å². The van der Waals surface area contributed by atoms with E-state index in [1.165, 1.54) is 12.0 Å². The van der Waals surface area contributed by atoms with E-state index in [9.17, 15) is 0 Å². The van der Waals surface area contributed by atoms with Crippen molar-refractivity contribution in [1.29, 1.82) is 0 Å². The van der Waals surface area contributed by atoms with Gasteiger partial charge in [0.25, 0.3) is 0 Å². The van der Waals surface area contributed by atoms with Crippen LogP contribution in [0, 0.1) is 0 Å². The number of para-hydroxylation sites is 1. The zero-order valence-electron chi connectivity index (χ0n) is 12.2. The van der Waals surface area contributed by atoms with E-state index in [1.54, 1.807) is 0 Å². The molecule has 3 nitrogen and oxygen atoms in total. The molecule has 0 spiro atoms. The van der Waals surface area contributed by atoms with Crippen molar-refractivity contribution >= 4 is 5.69 Å². The highest BCUT2D eigenvalue weighted by Gasteiger charge is 2.11. The monoisotopic (exact) mass is 249 g/mol. The highest BCUT2D eigenvalue weighted by atomic mass is 15.1. The molecule has 0 unspecified atom stereocenters. The minimum Gasteiger partial charge on any atom is -0.398 e. The number of nitrogens with zero attached hydrogens (tertiary/aromatic N) is 2. The Hall–Kier alpha value is -1.06. The van der Waals surface area contributed by atoms with E-state index in [-0.39, 0.29) is 0 Å². The number of anilines is 1. The van der Waals surface area contributed by atoms with Crippen LogP contribution in [-0.4, -0.2) is 43.0 Å². The van der Waals surface area contributed by atoms with E-state index in [1.807, 2.05) is 12.1 Å². The molecule has 18 heavy (non-hydrogen) atoms. The van der Waals surface area contributed by atoms with Crippen molar-refractivity contribution < 1.29 is 0 Å². The second kappa shape index (κ2) is 7.39. The van der Waals surface area contributed by atoms with Gasteiger partial charge in [0.1, 0.15) is 0 Å². The van der Waals surface area contributed by atoms with Crippen LogP contribution in [0.1, 0.15) is 25.8 Å². The predicted octanol–water partition coefficient (Wildman–Crippen LogP) is 2.43. The molecule has 1 aromatic rings. The molecule has 2 N–H and O–H groups in total. The molecule has 0 aromatic heterocycles. The molecule has 0 amide bonds. The van der Waals surface area contributed by atoms with E-state index in [0.29, 0.717) is 6.04 Å². The molecule has 0 atom stereocenters. The van der Waals surface area contributed by atoms with E-state index < -0.39 is 0 Å². The van der Waals surface area contributed by atoms with Crippen molar-refractivity contribution in [3.8, 4) is 0 Å². The smallest absolute Gasteiger partial charge is 0.0359 e. The Kier molecular flexibility index (Phi) is 6.16. The Morgan fingerprint density at radius 3 is 2.33 bits per heavy atom. The van der Waals surface area contributed by atoms with Crippen LogP contribution in [0.4, 0.5) is 5.69 Å². The maximum Gasteiger partial charge on any atom is 0.0359 e. The van der Waals surface area contributed by atoms with Gasteiger partial charge in [-0.3, -0.25) is 4.90 Å². The summed E-state index contributed by atoms with van der Waals surface area (Å²) in [5.41, 5.74) is 8.14. The van der Waals surface area contributed by atoms with Crippen molar-refractivity contribution in [1.82, 2.24) is 9.80 Å². The molecule has 1 rings (SSSR count). The van der Waals surface area contributed by atoms with Crippen LogP contribution >= 0.6 is 0 Å². The number of nitrogen functional groups attached to an aromatic ring is 1. The summed E-state index contributed by atoms with van der Waals surface area (Å²) in [5.74, 6) is 0. The highest BCUT2D eigenvalue weighted by Crippen LogP contribution is 2.15. The lowest BCUT2D eigenvalue weighted by atomic mass is 10.1. The van der Waals surface area contributed by atoms with Crippen molar-refractivity contribution in [2.24, 2.45) is 0 Å². The Labute approximate surface area is 112 Å². The molecule has 0 aliphatic heterocycles. The van der Waals surface area contributed by atoms with Crippen LogP contribution in [0.2, 0.25) is 0 Å². The summed E-state index contributed by atoms with van der Waals surface area (Å²) in [6.07, 6.45) is 1.19. The summed E-state index contributed by atoms with van der Waals surface area (Å²) in [4.78, 5) is 4.71. The Morgan fingerprint density at radius 2 is 1.78 bits per heavy atom. The van der Waals surface area contributed by atoms with E-state index in [0.717, 1.165) is 25.3 Å². The van der Waals surface area contributed by atoms with Crippen molar-refractivity contribution in [2.45, 2.75) is 32.9 Å². The van der Waals surface area contributed by atoms with Gasteiger partial charge in [0.05, 0.1) is 0 Å². The number of hydrogen-bond donors (Lipinski definition) is 1.